The highest BCUT2D eigenvalue weighted by atomic mass is 16.5. The predicted octanol–water partition coefficient (Wildman–Crippen LogP) is 3.87. The van der Waals surface area contributed by atoms with Gasteiger partial charge < -0.3 is 19.3 Å². The van der Waals surface area contributed by atoms with Crippen molar-refractivity contribution >= 4 is 12.0 Å². The SMILES string of the molecule is COc1cccc(C=CC(=O)O)c1OCCOc1cccc(C)c1C. The van der Waals surface area contributed by atoms with Crippen LogP contribution in [-0.2, 0) is 4.79 Å². The highest BCUT2D eigenvalue weighted by molar-refractivity contribution is 5.86. The monoisotopic (exact) mass is 342 g/mol. The molecule has 0 fully saturated rings. The molecule has 0 saturated carbocycles. The maximum Gasteiger partial charge on any atom is 0.328 e. The Morgan fingerprint density at radius 1 is 1.04 bits per heavy atom. The standard InChI is InChI=1S/C20H22O5/c1-14-6-4-8-17(15(14)2)24-12-13-25-20-16(10-11-19(21)22)7-5-9-18(20)23-3/h4-11H,12-13H2,1-3H3,(H,21,22). The maximum absolute atomic E-state index is 10.7. The third-order valence-corrected chi connectivity index (χ3v) is 3.78. The molecular weight excluding hydrogens is 320 g/mol. The lowest BCUT2D eigenvalue weighted by molar-refractivity contribution is -0.131. The number of carbonyl (C=O) groups is 1. The van der Waals surface area contributed by atoms with Crippen LogP contribution in [0.5, 0.6) is 17.2 Å². The molecule has 0 aliphatic heterocycles. The van der Waals surface area contributed by atoms with Crippen LogP contribution in [0.25, 0.3) is 6.08 Å². The zero-order chi connectivity index (χ0) is 18.2. The van der Waals surface area contributed by atoms with E-state index < -0.39 is 5.97 Å². The smallest absolute Gasteiger partial charge is 0.328 e. The second-order valence-corrected chi connectivity index (χ2v) is 5.45. The minimum atomic E-state index is -1.02. The van der Waals surface area contributed by atoms with E-state index in [9.17, 15) is 4.79 Å². The lowest BCUT2D eigenvalue weighted by Crippen LogP contribution is -2.11. The first-order chi connectivity index (χ1) is 12.0. The molecule has 1 N–H and O–H groups in total. The molecule has 0 unspecified atom stereocenters. The van der Waals surface area contributed by atoms with E-state index in [1.54, 1.807) is 25.3 Å². The lowest BCUT2D eigenvalue weighted by atomic mass is 10.1. The Kier molecular flexibility index (Phi) is 6.46. The third-order valence-electron chi connectivity index (χ3n) is 3.78. The summed E-state index contributed by atoms with van der Waals surface area (Å²) in [7, 11) is 1.54. The maximum atomic E-state index is 10.7. The molecule has 0 heterocycles. The average molecular weight is 342 g/mol. The molecule has 0 spiro atoms. The van der Waals surface area contributed by atoms with Crippen molar-refractivity contribution in [1.82, 2.24) is 0 Å². The van der Waals surface area contributed by atoms with Crippen molar-refractivity contribution in [3.05, 3.63) is 59.2 Å². The van der Waals surface area contributed by atoms with Gasteiger partial charge in [-0.1, -0.05) is 24.3 Å². The molecular formula is C20H22O5. The second kappa shape index (κ2) is 8.78. The molecule has 25 heavy (non-hydrogen) atoms. The number of benzene rings is 2. The lowest BCUT2D eigenvalue weighted by Gasteiger charge is -2.15. The van der Waals surface area contributed by atoms with Gasteiger partial charge in [0.25, 0.3) is 0 Å². The zero-order valence-electron chi connectivity index (χ0n) is 14.6. The molecule has 132 valence electrons. The number of hydrogen-bond donors (Lipinski definition) is 1. The Labute approximate surface area is 147 Å². The number of carboxylic acid groups (broad SMARTS) is 1. The van der Waals surface area contributed by atoms with Crippen LogP contribution in [0.15, 0.2) is 42.5 Å². The topological polar surface area (TPSA) is 65.0 Å². The fourth-order valence-electron chi connectivity index (χ4n) is 2.32. The van der Waals surface area contributed by atoms with Gasteiger partial charge in [0, 0.05) is 11.6 Å². The van der Waals surface area contributed by atoms with Gasteiger partial charge in [-0.25, -0.2) is 4.79 Å². The minimum absolute atomic E-state index is 0.307. The summed E-state index contributed by atoms with van der Waals surface area (Å²) in [5.41, 5.74) is 2.91. The fraction of sp³-hybridized carbons (Fsp3) is 0.250. The van der Waals surface area contributed by atoms with E-state index in [0.29, 0.717) is 30.3 Å². The van der Waals surface area contributed by atoms with Gasteiger partial charge in [0.15, 0.2) is 11.5 Å². The van der Waals surface area contributed by atoms with Gasteiger partial charge in [0.1, 0.15) is 19.0 Å². The highest BCUT2D eigenvalue weighted by Crippen LogP contribution is 2.32. The van der Waals surface area contributed by atoms with E-state index in [2.05, 4.69) is 0 Å². The number of carboxylic acids is 1. The summed E-state index contributed by atoms with van der Waals surface area (Å²) < 4.78 is 16.9. The Morgan fingerprint density at radius 3 is 2.44 bits per heavy atom. The van der Waals surface area contributed by atoms with Crippen LogP contribution >= 0.6 is 0 Å². The van der Waals surface area contributed by atoms with E-state index in [-0.39, 0.29) is 0 Å². The normalized spacial score (nSPS) is 10.7. The number of para-hydroxylation sites is 1. The van der Waals surface area contributed by atoms with E-state index in [1.807, 2.05) is 32.0 Å². The van der Waals surface area contributed by atoms with E-state index in [4.69, 9.17) is 19.3 Å². The number of methoxy groups -OCH3 is 1. The van der Waals surface area contributed by atoms with Crippen molar-refractivity contribution in [1.29, 1.82) is 0 Å². The summed E-state index contributed by atoms with van der Waals surface area (Å²) in [6.07, 6.45) is 2.54. The molecule has 5 heteroatoms. The molecule has 0 saturated heterocycles. The second-order valence-electron chi connectivity index (χ2n) is 5.45. The third kappa shape index (κ3) is 5.01. The molecule has 0 amide bonds. The molecule has 0 radical (unpaired) electrons. The van der Waals surface area contributed by atoms with Crippen molar-refractivity contribution in [3.8, 4) is 17.2 Å². The number of rotatable bonds is 8. The van der Waals surface area contributed by atoms with Gasteiger partial charge in [-0.15, -0.1) is 0 Å². The fourth-order valence-corrected chi connectivity index (χ4v) is 2.32. The summed E-state index contributed by atoms with van der Waals surface area (Å²) in [5.74, 6) is 0.841. The molecule has 2 aromatic rings. The summed E-state index contributed by atoms with van der Waals surface area (Å²) in [6, 6.07) is 11.2. The highest BCUT2D eigenvalue weighted by Gasteiger charge is 2.09. The van der Waals surface area contributed by atoms with E-state index >= 15 is 0 Å². The predicted molar refractivity (Wildman–Crippen MR) is 96.6 cm³/mol. The van der Waals surface area contributed by atoms with Crippen LogP contribution in [-0.4, -0.2) is 31.4 Å². The van der Waals surface area contributed by atoms with Crippen molar-refractivity contribution in [2.45, 2.75) is 13.8 Å². The number of aliphatic carboxylic acids is 1. The molecule has 0 aliphatic carbocycles. The van der Waals surface area contributed by atoms with Crippen LogP contribution < -0.4 is 14.2 Å². The van der Waals surface area contributed by atoms with Gasteiger partial charge in [0.05, 0.1) is 7.11 Å². The van der Waals surface area contributed by atoms with Gasteiger partial charge >= 0.3 is 5.97 Å². The van der Waals surface area contributed by atoms with Gasteiger partial charge in [0.2, 0.25) is 0 Å². The summed E-state index contributed by atoms with van der Waals surface area (Å²) in [5, 5.41) is 8.80. The molecule has 2 aromatic carbocycles. The largest absolute Gasteiger partial charge is 0.493 e. The average Bonchev–Trinajstić information content (AvgIpc) is 2.60. The van der Waals surface area contributed by atoms with Crippen LogP contribution in [0.2, 0.25) is 0 Å². The van der Waals surface area contributed by atoms with Crippen LogP contribution in [0.3, 0.4) is 0 Å². The van der Waals surface area contributed by atoms with Gasteiger partial charge in [-0.05, 0) is 43.2 Å². The van der Waals surface area contributed by atoms with Crippen LogP contribution in [0.1, 0.15) is 16.7 Å². The Bertz CT molecular complexity index is 765. The van der Waals surface area contributed by atoms with Crippen LogP contribution in [0, 0.1) is 13.8 Å². The molecule has 0 atom stereocenters. The molecule has 0 aliphatic rings. The van der Waals surface area contributed by atoms with E-state index in [1.165, 1.54) is 11.6 Å². The number of hydrogen-bond acceptors (Lipinski definition) is 4. The number of aryl methyl sites for hydroxylation is 1. The minimum Gasteiger partial charge on any atom is -0.493 e. The summed E-state index contributed by atoms with van der Waals surface area (Å²) in [6.45, 7) is 4.72. The van der Waals surface area contributed by atoms with Crippen molar-refractivity contribution in [2.24, 2.45) is 0 Å². The molecule has 0 bridgehead atoms. The van der Waals surface area contributed by atoms with Gasteiger partial charge in [-0.3, -0.25) is 0 Å². The van der Waals surface area contributed by atoms with E-state index in [0.717, 1.165) is 17.4 Å². The van der Waals surface area contributed by atoms with Crippen LogP contribution in [0.4, 0.5) is 0 Å². The molecule has 2 rings (SSSR count). The zero-order valence-corrected chi connectivity index (χ0v) is 14.6. The van der Waals surface area contributed by atoms with Crippen molar-refractivity contribution in [3.63, 3.8) is 0 Å². The summed E-state index contributed by atoms with van der Waals surface area (Å²) >= 11 is 0. The first kappa shape index (κ1) is 18.4. The Morgan fingerprint density at radius 2 is 1.72 bits per heavy atom. The quantitative estimate of drug-likeness (QED) is 0.583. The molecule has 5 nitrogen and oxygen atoms in total. The first-order valence-corrected chi connectivity index (χ1v) is 7.92. The molecule has 0 aromatic heterocycles. The first-order valence-electron chi connectivity index (χ1n) is 7.92. The van der Waals surface area contributed by atoms with Crippen molar-refractivity contribution < 1.29 is 24.1 Å². The number of ether oxygens (including phenoxy) is 3. The van der Waals surface area contributed by atoms with Crippen molar-refractivity contribution in [2.75, 3.05) is 20.3 Å². The Balaban J connectivity index is 2.04. The van der Waals surface area contributed by atoms with Gasteiger partial charge in [-0.2, -0.15) is 0 Å². The summed E-state index contributed by atoms with van der Waals surface area (Å²) in [4.78, 5) is 10.7. The Hall–Kier alpha value is -2.95.